The first-order valence-corrected chi connectivity index (χ1v) is 10.3. The molecular weight excluding hydrogens is 369 g/mol. The van der Waals surface area contributed by atoms with Crippen LogP contribution in [0.15, 0.2) is 47.6 Å². The van der Waals surface area contributed by atoms with Crippen LogP contribution < -0.4 is 5.32 Å². The van der Waals surface area contributed by atoms with Gasteiger partial charge >= 0.3 is 0 Å². The highest BCUT2D eigenvalue weighted by Gasteiger charge is 2.23. The summed E-state index contributed by atoms with van der Waals surface area (Å²) in [7, 11) is 4.10. The van der Waals surface area contributed by atoms with E-state index >= 15 is 0 Å². The standard InChI is InChI=1S/C22H32FN5O/c1-4-24-22(27(3)17-20-6-5-11-26(20)2)25-16-21(28-12-14-29-15-13-28)18-7-9-19(23)10-8-18/h5-11,21H,4,12-17H2,1-3H3,(H,24,25). The van der Waals surface area contributed by atoms with Gasteiger partial charge in [-0.05, 0) is 36.8 Å². The van der Waals surface area contributed by atoms with Gasteiger partial charge in [0.05, 0.1) is 32.3 Å². The maximum Gasteiger partial charge on any atom is 0.194 e. The molecule has 1 fully saturated rings. The second kappa shape index (κ2) is 10.4. The van der Waals surface area contributed by atoms with Crippen molar-refractivity contribution in [2.75, 3.05) is 46.4 Å². The maximum atomic E-state index is 13.4. The van der Waals surface area contributed by atoms with Gasteiger partial charge in [0.15, 0.2) is 5.96 Å². The Morgan fingerprint density at radius 3 is 2.59 bits per heavy atom. The van der Waals surface area contributed by atoms with Gasteiger partial charge in [-0.1, -0.05) is 12.1 Å². The number of nitrogens with zero attached hydrogens (tertiary/aromatic N) is 4. The van der Waals surface area contributed by atoms with Crippen LogP contribution in [0.1, 0.15) is 24.2 Å². The molecule has 0 radical (unpaired) electrons. The molecule has 158 valence electrons. The Kier molecular flexibility index (Phi) is 7.66. The van der Waals surface area contributed by atoms with Gasteiger partial charge in [-0.2, -0.15) is 0 Å². The van der Waals surface area contributed by atoms with E-state index in [1.165, 1.54) is 17.8 Å². The topological polar surface area (TPSA) is 45.0 Å². The van der Waals surface area contributed by atoms with E-state index in [4.69, 9.17) is 9.73 Å². The molecule has 0 spiro atoms. The van der Waals surface area contributed by atoms with E-state index in [9.17, 15) is 4.39 Å². The summed E-state index contributed by atoms with van der Waals surface area (Å²) in [5, 5.41) is 3.40. The second-order valence-electron chi connectivity index (χ2n) is 7.38. The molecule has 0 bridgehead atoms. The number of nitrogens with one attached hydrogen (secondary N) is 1. The third-order valence-electron chi connectivity index (χ3n) is 5.30. The van der Waals surface area contributed by atoms with E-state index in [0.717, 1.165) is 50.9 Å². The summed E-state index contributed by atoms with van der Waals surface area (Å²) < 4.78 is 21.1. The van der Waals surface area contributed by atoms with Crippen LogP contribution in [0.3, 0.4) is 0 Å². The van der Waals surface area contributed by atoms with Gasteiger partial charge in [0.2, 0.25) is 0 Å². The van der Waals surface area contributed by atoms with Gasteiger partial charge in [-0.25, -0.2) is 4.39 Å². The highest BCUT2D eigenvalue weighted by atomic mass is 19.1. The number of aromatic nitrogens is 1. The monoisotopic (exact) mass is 401 g/mol. The van der Waals surface area contributed by atoms with E-state index in [1.807, 2.05) is 12.1 Å². The summed E-state index contributed by atoms with van der Waals surface area (Å²) in [4.78, 5) is 9.46. The fourth-order valence-corrected chi connectivity index (χ4v) is 3.63. The van der Waals surface area contributed by atoms with Crippen molar-refractivity contribution in [1.82, 2.24) is 19.7 Å². The van der Waals surface area contributed by atoms with E-state index in [-0.39, 0.29) is 11.9 Å². The highest BCUT2D eigenvalue weighted by Crippen LogP contribution is 2.23. The Balaban J connectivity index is 1.78. The fourth-order valence-electron chi connectivity index (χ4n) is 3.63. The van der Waals surface area contributed by atoms with Crippen molar-refractivity contribution in [3.63, 3.8) is 0 Å². The van der Waals surface area contributed by atoms with Gasteiger partial charge < -0.3 is 19.5 Å². The first kappa shape index (κ1) is 21.3. The van der Waals surface area contributed by atoms with Crippen LogP contribution in [-0.2, 0) is 18.3 Å². The van der Waals surface area contributed by atoms with Crippen LogP contribution in [0.2, 0.25) is 0 Å². The minimum absolute atomic E-state index is 0.0941. The zero-order valence-electron chi connectivity index (χ0n) is 17.6. The van der Waals surface area contributed by atoms with E-state index < -0.39 is 0 Å². The smallest absolute Gasteiger partial charge is 0.194 e. The summed E-state index contributed by atoms with van der Waals surface area (Å²) in [6.07, 6.45) is 2.05. The van der Waals surface area contributed by atoms with Gasteiger partial charge in [0.1, 0.15) is 5.82 Å². The van der Waals surface area contributed by atoms with Crippen molar-refractivity contribution in [3.05, 3.63) is 59.7 Å². The third-order valence-corrected chi connectivity index (χ3v) is 5.30. The molecule has 0 aliphatic carbocycles. The van der Waals surface area contributed by atoms with Crippen molar-refractivity contribution in [2.45, 2.75) is 19.5 Å². The molecule has 7 heteroatoms. The van der Waals surface area contributed by atoms with Crippen LogP contribution in [-0.4, -0.2) is 66.8 Å². The van der Waals surface area contributed by atoms with Gasteiger partial charge in [0, 0.05) is 45.6 Å². The van der Waals surface area contributed by atoms with Crippen molar-refractivity contribution in [3.8, 4) is 0 Å². The summed E-state index contributed by atoms with van der Waals surface area (Å²) in [5.74, 6) is 0.655. The van der Waals surface area contributed by atoms with Crippen molar-refractivity contribution in [1.29, 1.82) is 0 Å². The molecule has 2 heterocycles. The summed E-state index contributed by atoms with van der Waals surface area (Å²) in [6, 6.07) is 11.1. The number of aliphatic imine (C=N–C) groups is 1. The first-order valence-electron chi connectivity index (χ1n) is 10.3. The van der Waals surface area contributed by atoms with Gasteiger partial charge in [-0.3, -0.25) is 9.89 Å². The molecule has 1 aliphatic heterocycles. The highest BCUT2D eigenvalue weighted by molar-refractivity contribution is 5.79. The normalized spacial score (nSPS) is 16.6. The van der Waals surface area contributed by atoms with Crippen LogP contribution in [0.5, 0.6) is 0 Å². The molecule has 29 heavy (non-hydrogen) atoms. The lowest BCUT2D eigenvalue weighted by Gasteiger charge is -2.34. The summed E-state index contributed by atoms with van der Waals surface area (Å²) in [5.41, 5.74) is 2.30. The third kappa shape index (κ3) is 5.81. The quantitative estimate of drug-likeness (QED) is 0.572. The average molecular weight is 402 g/mol. The van der Waals surface area contributed by atoms with Crippen LogP contribution in [0, 0.1) is 5.82 Å². The van der Waals surface area contributed by atoms with Crippen molar-refractivity contribution < 1.29 is 9.13 Å². The predicted octanol–water partition coefficient (Wildman–Crippen LogP) is 2.64. The number of benzene rings is 1. The lowest BCUT2D eigenvalue weighted by molar-refractivity contribution is 0.0179. The number of morpholine rings is 1. The molecule has 2 aromatic rings. The zero-order valence-corrected chi connectivity index (χ0v) is 17.6. The van der Waals surface area contributed by atoms with E-state index in [1.54, 1.807) is 0 Å². The Hall–Kier alpha value is -2.38. The average Bonchev–Trinajstić information content (AvgIpc) is 3.13. The van der Waals surface area contributed by atoms with Crippen LogP contribution in [0.4, 0.5) is 4.39 Å². The Morgan fingerprint density at radius 2 is 1.97 bits per heavy atom. The number of rotatable bonds is 7. The number of ether oxygens (including phenoxy) is 1. The predicted molar refractivity (Wildman–Crippen MR) is 114 cm³/mol. The number of hydrogen-bond donors (Lipinski definition) is 1. The minimum atomic E-state index is -0.214. The first-order chi connectivity index (χ1) is 14.1. The SMILES string of the molecule is CCNC(=NCC(c1ccc(F)cc1)N1CCOCC1)N(C)Cc1cccn1C. The second-order valence-corrected chi connectivity index (χ2v) is 7.38. The van der Waals surface area contributed by atoms with Gasteiger partial charge in [0.25, 0.3) is 0 Å². The molecule has 1 aromatic carbocycles. The number of guanidine groups is 1. The lowest BCUT2D eigenvalue weighted by Crippen LogP contribution is -2.42. The fraction of sp³-hybridized carbons (Fsp3) is 0.500. The molecule has 1 atom stereocenters. The summed E-state index contributed by atoms with van der Waals surface area (Å²) in [6.45, 7) is 7.39. The number of aryl methyl sites for hydroxylation is 1. The van der Waals surface area contributed by atoms with Gasteiger partial charge in [-0.15, -0.1) is 0 Å². The van der Waals surface area contributed by atoms with Crippen molar-refractivity contribution in [2.24, 2.45) is 12.0 Å². The Bertz CT molecular complexity index is 783. The molecule has 1 saturated heterocycles. The minimum Gasteiger partial charge on any atom is -0.379 e. The Morgan fingerprint density at radius 1 is 1.24 bits per heavy atom. The molecule has 1 aromatic heterocycles. The zero-order chi connectivity index (χ0) is 20.6. The molecule has 6 nitrogen and oxygen atoms in total. The molecule has 1 N–H and O–H groups in total. The van der Waals surface area contributed by atoms with Crippen LogP contribution >= 0.6 is 0 Å². The number of halogens is 1. The molecular formula is C22H32FN5O. The van der Waals surface area contributed by atoms with Crippen molar-refractivity contribution >= 4 is 5.96 Å². The number of hydrogen-bond acceptors (Lipinski definition) is 3. The molecule has 0 saturated carbocycles. The van der Waals surface area contributed by atoms with E-state index in [0.29, 0.717) is 6.54 Å². The van der Waals surface area contributed by atoms with E-state index in [2.05, 4.69) is 59.0 Å². The molecule has 3 rings (SSSR count). The molecule has 0 amide bonds. The Labute approximate surface area is 173 Å². The lowest BCUT2D eigenvalue weighted by atomic mass is 10.0. The van der Waals surface area contributed by atoms with Crippen LogP contribution in [0.25, 0.3) is 0 Å². The molecule has 1 aliphatic rings. The molecule has 1 unspecified atom stereocenters. The maximum absolute atomic E-state index is 13.4. The summed E-state index contributed by atoms with van der Waals surface area (Å²) >= 11 is 0. The largest absolute Gasteiger partial charge is 0.379 e.